The van der Waals surface area contributed by atoms with Crippen LogP contribution >= 0.6 is 12.4 Å². The molecule has 0 aliphatic heterocycles. The first kappa shape index (κ1) is 13.3. The van der Waals surface area contributed by atoms with Gasteiger partial charge in [-0.3, -0.25) is 0 Å². The second-order valence-electron chi connectivity index (χ2n) is 5.73. The maximum atomic E-state index is 3.80. The molecule has 2 saturated carbocycles. The van der Waals surface area contributed by atoms with E-state index in [1.807, 2.05) is 0 Å². The summed E-state index contributed by atoms with van der Waals surface area (Å²) in [7, 11) is 0. The van der Waals surface area contributed by atoms with Gasteiger partial charge >= 0.3 is 0 Å². The summed E-state index contributed by atoms with van der Waals surface area (Å²) in [6, 6.07) is 0.843. The third-order valence-electron chi connectivity index (χ3n) is 4.23. The van der Waals surface area contributed by atoms with Crippen LogP contribution in [0.3, 0.4) is 0 Å². The number of nitrogens with one attached hydrogen (secondary N) is 1. The summed E-state index contributed by atoms with van der Waals surface area (Å²) in [5.74, 6) is 0. The molecule has 0 spiro atoms. The third kappa shape index (κ3) is 3.96. The van der Waals surface area contributed by atoms with Crippen LogP contribution in [-0.4, -0.2) is 12.6 Å². The molecule has 0 bridgehead atoms. The Morgan fingerprint density at radius 3 is 2.07 bits per heavy atom. The van der Waals surface area contributed by atoms with E-state index in [0.29, 0.717) is 5.41 Å². The van der Waals surface area contributed by atoms with Gasteiger partial charge in [-0.1, -0.05) is 39.0 Å². The van der Waals surface area contributed by atoms with E-state index in [4.69, 9.17) is 0 Å². The molecule has 0 aromatic carbocycles. The topological polar surface area (TPSA) is 12.0 Å². The quantitative estimate of drug-likeness (QED) is 0.727. The average molecular weight is 232 g/mol. The van der Waals surface area contributed by atoms with Crippen LogP contribution in [-0.2, 0) is 0 Å². The first-order valence-corrected chi connectivity index (χ1v) is 6.52. The molecule has 0 unspecified atom stereocenters. The predicted molar refractivity (Wildman–Crippen MR) is 68.7 cm³/mol. The van der Waals surface area contributed by atoms with Crippen LogP contribution in [0.25, 0.3) is 0 Å². The molecule has 2 rings (SSSR count). The monoisotopic (exact) mass is 231 g/mol. The van der Waals surface area contributed by atoms with Crippen molar-refractivity contribution in [2.75, 3.05) is 6.54 Å². The fourth-order valence-electron chi connectivity index (χ4n) is 2.83. The Bertz CT molecular complexity index is 169. The fraction of sp³-hybridized carbons (Fsp3) is 1.00. The third-order valence-corrected chi connectivity index (χ3v) is 4.23. The Morgan fingerprint density at radius 2 is 1.60 bits per heavy atom. The summed E-state index contributed by atoms with van der Waals surface area (Å²) in [4.78, 5) is 0. The zero-order valence-corrected chi connectivity index (χ0v) is 10.9. The molecule has 0 aromatic heterocycles. The molecular weight excluding hydrogens is 206 g/mol. The summed E-state index contributed by atoms with van der Waals surface area (Å²) in [5.41, 5.74) is 0.659. The molecule has 2 heteroatoms. The Balaban J connectivity index is 0.00000112. The van der Waals surface area contributed by atoms with Crippen molar-refractivity contribution in [1.29, 1.82) is 0 Å². The van der Waals surface area contributed by atoms with E-state index in [0.717, 1.165) is 6.04 Å². The second-order valence-corrected chi connectivity index (χ2v) is 5.73. The zero-order chi connectivity index (χ0) is 9.86. The van der Waals surface area contributed by atoms with Gasteiger partial charge in [-0.05, 0) is 31.1 Å². The second kappa shape index (κ2) is 6.10. The van der Waals surface area contributed by atoms with Crippen molar-refractivity contribution in [3.63, 3.8) is 0 Å². The lowest BCUT2D eigenvalue weighted by molar-refractivity contribution is 0.149. The van der Waals surface area contributed by atoms with Gasteiger partial charge in [0.2, 0.25) is 0 Å². The van der Waals surface area contributed by atoms with Crippen molar-refractivity contribution in [3.8, 4) is 0 Å². The van der Waals surface area contributed by atoms with Gasteiger partial charge in [0.15, 0.2) is 0 Å². The van der Waals surface area contributed by atoms with Crippen LogP contribution < -0.4 is 5.32 Å². The number of rotatable bonds is 3. The van der Waals surface area contributed by atoms with Gasteiger partial charge in [-0.25, -0.2) is 0 Å². The average Bonchev–Trinajstić information content (AvgIpc) is 2.40. The zero-order valence-electron chi connectivity index (χ0n) is 10.1. The summed E-state index contributed by atoms with van der Waals surface area (Å²) < 4.78 is 0. The molecule has 0 radical (unpaired) electrons. The summed E-state index contributed by atoms with van der Waals surface area (Å²) in [6.07, 6.45) is 13.1. The normalized spacial score (nSPS) is 26.2. The molecule has 2 fully saturated rings. The van der Waals surface area contributed by atoms with Crippen molar-refractivity contribution in [2.45, 2.75) is 70.8 Å². The molecule has 15 heavy (non-hydrogen) atoms. The Labute approximate surface area is 101 Å². The molecule has 0 atom stereocenters. The van der Waals surface area contributed by atoms with Gasteiger partial charge in [0.05, 0.1) is 0 Å². The largest absolute Gasteiger partial charge is 0.313 e. The molecule has 90 valence electrons. The van der Waals surface area contributed by atoms with Crippen molar-refractivity contribution in [2.24, 2.45) is 5.41 Å². The van der Waals surface area contributed by atoms with Crippen LogP contribution in [0.4, 0.5) is 0 Å². The van der Waals surface area contributed by atoms with Crippen molar-refractivity contribution in [1.82, 2.24) is 5.32 Å². The van der Waals surface area contributed by atoms with Gasteiger partial charge < -0.3 is 5.32 Å². The minimum Gasteiger partial charge on any atom is -0.313 e. The number of hydrogen-bond acceptors (Lipinski definition) is 1. The Morgan fingerprint density at radius 1 is 1.00 bits per heavy atom. The van der Waals surface area contributed by atoms with Gasteiger partial charge in [0.25, 0.3) is 0 Å². The predicted octanol–water partition coefficient (Wildman–Crippen LogP) is 3.91. The van der Waals surface area contributed by atoms with Gasteiger partial charge in [-0.2, -0.15) is 0 Å². The molecule has 0 saturated heterocycles. The standard InChI is InChI=1S/C13H25N.ClH/c1-13(9-6-10-13)11-14-12-7-4-2-3-5-8-12;/h12,14H,2-11H2,1H3;1H. The van der Waals surface area contributed by atoms with Crippen LogP contribution in [0.5, 0.6) is 0 Å². The van der Waals surface area contributed by atoms with Crippen molar-refractivity contribution >= 4 is 12.4 Å². The van der Waals surface area contributed by atoms with Crippen LogP contribution in [0.2, 0.25) is 0 Å². The first-order chi connectivity index (χ1) is 6.79. The molecule has 1 nitrogen and oxygen atoms in total. The van der Waals surface area contributed by atoms with E-state index in [1.54, 1.807) is 0 Å². The molecule has 0 amide bonds. The Kier molecular flexibility index (Phi) is 5.42. The minimum atomic E-state index is 0. The first-order valence-electron chi connectivity index (χ1n) is 6.52. The highest BCUT2D eigenvalue weighted by Crippen LogP contribution is 2.39. The molecule has 0 heterocycles. The van der Waals surface area contributed by atoms with E-state index < -0.39 is 0 Å². The lowest BCUT2D eigenvalue weighted by Crippen LogP contribution is -2.41. The van der Waals surface area contributed by atoms with E-state index in [2.05, 4.69) is 12.2 Å². The van der Waals surface area contributed by atoms with Crippen LogP contribution in [0.1, 0.15) is 64.7 Å². The highest BCUT2D eigenvalue weighted by atomic mass is 35.5. The summed E-state index contributed by atoms with van der Waals surface area (Å²) in [6.45, 7) is 3.72. The van der Waals surface area contributed by atoms with Gasteiger partial charge in [-0.15, -0.1) is 12.4 Å². The number of hydrogen-bond donors (Lipinski definition) is 1. The van der Waals surface area contributed by atoms with E-state index in [9.17, 15) is 0 Å². The highest BCUT2D eigenvalue weighted by molar-refractivity contribution is 5.85. The molecule has 2 aliphatic carbocycles. The summed E-state index contributed by atoms with van der Waals surface area (Å²) in [5, 5.41) is 3.80. The lowest BCUT2D eigenvalue weighted by Gasteiger charge is -2.39. The van der Waals surface area contributed by atoms with E-state index >= 15 is 0 Å². The molecule has 0 aromatic rings. The van der Waals surface area contributed by atoms with Crippen LogP contribution in [0, 0.1) is 5.41 Å². The number of halogens is 1. The maximum absolute atomic E-state index is 3.80. The molecule has 2 aliphatic rings. The molecule has 1 N–H and O–H groups in total. The van der Waals surface area contributed by atoms with Crippen LogP contribution in [0.15, 0.2) is 0 Å². The molecular formula is C13H26ClN. The summed E-state index contributed by atoms with van der Waals surface area (Å²) >= 11 is 0. The maximum Gasteiger partial charge on any atom is 0.00672 e. The van der Waals surface area contributed by atoms with Gasteiger partial charge in [0, 0.05) is 12.6 Å². The van der Waals surface area contributed by atoms with Crippen molar-refractivity contribution in [3.05, 3.63) is 0 Å². The van der Waals surface area contributed by atoms with Crippen molar-refractivity contribution < 1.29 is 0 Å². The highest BCUT2D eigenvalue weighted by Gasteiger charge is 2.31. The SMILES string of the molecule is CC1(CNC2CCCCCC2)CCC1.Cl. The minimum absolute atomic E-state index is 0. The smallest absolute Gasteiger partial charge is 0.00672 e. The van der Waals surface area contributed by atoms with E-state index in [1.165, 1.54) is 64.3 Å². The fourth-order valence-corrected chi connectivity index (χ4v) is 2.83. The van der Waals surface area contributed by atoms with E-state index in [-0.39, 0.29) is 12.4 Å². The van der Waals surface area contributed by atoms with Gasteiger partial charge in [0.1, 0.15) is 0 Å². The lowest BCUT2D eigenvalue weighted by atomic mass is 9.70. The Hall–Kier alpha value is 0.250.